The summed E-state index contributed by atoms with van der Waals surface area (Å²) in [4.78, 5) is 1.05. The molecular formula is C8H11BrOS. The van der Waals surface area contributed by atoms with E-state index >= 15 is 0 Å². The Morgan fingerprint density at radius 2 is 2.36 bits per heavy atom. The molecule has 0 spiro atoms. The zero-order chi connectivity index (χ0) is 8.43. The van der Waals surface area contributed by atoms with Gasteiger partial charge in [0.05, 0.1) is 9.89 Å². The molecule has 3 heteroatoms. The number of hydrogen-bond acceptors (Lipinski definition) is 2. The summed E-state index contributed by atoms with van der Waals surface area (Å²) in [5.74, 6) is 0. The van der Waals surface area contributed by atoms with Crippen molar-refractivity contribution in [3.8, 4) is 0 Å². The highest BCUT2D eigenvalue weighted by Gasteiger charge is 2.09. The van der Waals surface area contributed by atoms with Gasteiger partial charge in [0, 0.05) is 4.88 Å². The van der Waals surface area contributed by atoms with E-state index in [1.54, 1.807) is 11.3 Å². The summed E-state index contributed by atoms with van der Waals surface area (Å²) in [6, 6.07) is 2.03. The van der Waals surface area contributed by atoms with Crippen LogP contribution < -0.4 is 0 Å². The van der Waals surface area contributed by atoms with Crippen LogP contribution in [0.1, 0.15) is 29.9 Å². The first-order chi connectivity index (χ1) is 5.15. The predicted molar refractivity (Wildman–Crippen MR) is 52.0 cm³/mol. The normalized spacial score (nSPS) is 13.5. The van der Waals surface area contributed by atoms with Gasteiger partial charge >= 0.3 is 0 Å². The average molecular weight is 235 g/mol. The van der Waals surface area contributed by atoms with Crippen molar-refractivity contribution in [2.24, 2.45) is 0 Å². The fourth-order valence-electron chi connectivity index (χ4n) is 0.849. The van der Waals surface area contributed by atoms with Gasteiger partial charge in [0.2, 0.25) is 0 Å². The third kappa shape index (κ3) is 2.04. The lowest BCUT2D eigenvalue weighted by Crippen LogP contribution is -1.89. The summed E-state index contributed by atoms with van der Waals surface area (Å²) >= 11 is 5.03. The maximum Gasteiger partial charge on any atom is 0.0879 e. The molecule has 1 nitrogen and oxygen atoms in total. The third-order valence-corrected chi connectivity index (χ3v) is 3.83. The quantitative estimate of drug-likeness (QED) is 0.834. The van der Waals surface area contributed by atoms with Crippen molar-refractivity contribution in [1.29, 1.82) is 0 Å². The van der Waals surface area contributed by atoms with Crippen LogP contribution in [0.3, 0.4) is 0 Å². The van der Waals surface area contributed by atoms with Gasteiger partial charge in [-0.2, -0.15) is 0 Å². The number of thiophene rings is 1. The van der Waals surface area contributed by atoms with Crippen molar-refractivity contribution in [3.63, 3.8) is 0 Å². The fraction of sp³-hybridized carbons (Fsp3) is 0.500. The van der Waals surface area contributed by atoms with Crippen molar-refractivity contribution in [1.82, 2.24) is 0 Å². The van der Waals surface area contributed by atoms with Crippen LogP contribution in [-0.4, -0.2) is 5.11 Å². The average Bonchev–Trinajstić information content (AvgIpc) is 2.31. The standard InChI is InChI=1S/C8H11BrOS/c1-3-6(10)7-4-5(2)8(9)11-7/h4,6,10H,3H2,1-2H3/t6-/m1/s1. The molecular weight excluding hydrogens is 224 g/mol. The number of aliphatic hydroxyl groups is 1. The highest BCUT2D eigenvalue weighted by molar-refractivity contribution is 9.11. The summed E-state index contributed by atoms with van der Waals surface area (Å²) in [5, 5.41) is 9.46. The summed E-state index contributed by atoms with van der Waals surface area (Å²) in [6.07, 6.45) is 0.497. The second-order valence-corrected chi connectivity index (χ2v) is 4.93. The zero-order valence-corrected chi connectivity index (χ0v) is 9.00. The summed E-state index contributed by atoms with van der Waals surface area (Å²) in [6.45, 7) is 4.01. The maximum atomic E-state index is 9.46. The second kappa shape index (κ2) is 3.70. The van der Waals surface area contributed by atoms with Crippen LogP contribution in [0.5, 0.6) is 0 Å². The Morgan fingerprint density at radius 3 is 2.73 bits per heavy atom. The van der Waals surface area contributed by atoms with Gasteiger partial charge in [0.15, 0.2) is 0 Å². The molecule has 1 heterocycles. The van der Waals surface area contributed by atoms with Gasteiger partial charge in [-0.25, -0.2) is 0 Å². The smallest absolute Gasteiger partial charge is 0.0879 e. The van der Waals surface area contributed by atoms with E-state index in [4.69, 9.17) is 0 Å². The molecule has 0 bridgehead atoms. The first-order valence-corrected chi connectivity index (χ1v) is 5.20. The van der Waals surface area contributed by atoms with E-state index in [-0.39, 0.29) is 6.10 Å². The van der Waals surface area contributed by atoms with Crippen LogP contribution in [0.15, 0.2) is 9.85 Å². The van der Waals surface area contributed by atoms with E-state index in [0.717, 1.165) is 15.1 Å². The highest BCUT2D eigenvalue weighted by atomic mass is 79.9. The zero-order valence-electron chi connectivity index (χ0n) is 6.60. The fourth-order valence-corrected chi connectivity index (χ4v) is 2.49. The molecule has 1 N–H and O–H groups in total. The van der Waals surface area contributed by atoms with Crippen LogP contribution in [0, 0.1) is 6.92 Å². The van der Waals surface area contributed by atoms with Crippen LogP contribution in [0.4, 0.5) is 0 Å². The largest absolute Gasteiger partial charge is 0.388 e. The lowest BCUT2D eigenvalue weighted by Gasteiger charge is -2.01. The Hall–Kier alpha value is 0.140. The summed E-state index contributed by atoms with van der Waals surface area (Å²) in [7, 11) is 0. The van der Waals surface area contributed by atoms with E-state index in [0.29, 0.717) is 0 Å². The molecule has 1 rings (SSSR count). The first kappa shape index (κ1) is 9.23. The molecule has 0 aliphatic rings. The molecule has 0 saturated heterocycles. The first-order valence-electron chi connectivity index (χ1n) is 3.59. The molecule has 1 atom stereocenters. The minimum atomic E-state index is -0.287. The molecule has 0 aliphatic heterocycles. The van der Waals surface area contributed by atoms with Crippen LogP contribution in [-0.2, 0) is 0 Å². The summed E-state index contributed by atoms with van der Waals surface area (Å²) in [5.41, 5.74) is 1.21. The lowest BCUT2D eigenvalue weighted by molar-refractivity contribution is 0.177. The molecule has 1 aromatic heterocycles. The van der Waals surface area contributed by atoms with Gasteiger partial charge in [-0.1, -0.05) is 6.92 Å². The SMILES string of the molecule is CC[C@@H](O)c1cc(C)c(Br)s1. The van der Waals surface area contributed by atoms with E-state index in [9.17, 15) is 5.11 Å². The molecule has 11 heavy (non-hydrogen) atoms. The molecule has 0 fully saturated rings. The molecule has 0 unspecified atom stereocenters. The van der Waals surface area contributed by atoms with E-state index < -0.39 is 0 Å². The molecule has 62 valence electrons. The maximum absolute atomic E-state index is 9.46. The highest BCUT2D eigenvalue weighted by Crippen LogP contribution is 2.32. The van der Waals surface area contributed by atoms with Crippen LogP contribution >= 0.6 is 27.3 Å². The van der Waals surface area contributed by atoms with Gasteiger partial charge in [-0.05, 0) is 40.9 Å². The second-order valence-electron chi connectivity index (χ2n) is 2.53. The molecule has 0 radical (unpaired) electrons. The van der Waals surface area contributed by atoms with Crippen molar-refractivity contribution in [2.75, 3.05) is 0 Å². The van der Waals surface area contributed by atoms with E-state index in [1.165, 1.54) is 5.56 Å². The van der Waals surface area contributed by atoms with Gasteiger partial charge < -0.3 is 5.11 Å². The number of halogens is 1. The van der Waals surface area contributed by atoms with Gasteiger partial charge in [0.1, 0.15) is 0 Å². The molecule has 0 aliphatic carbocycles. The van der Waals surface area contributed by atoms with Crippen molar-refractivity contribution in [2.45, 2.75) is 26.4 Å². The van der Waals surface area contributed by atoms with Gasteiger partial charge in [0.25, 0.3) is 0 Å². The summed E-state index contributed by atoms with van der Waals surface area (Å²) < 4.78 is 1.13. The minimum Gasteiger partial charge on any atom is -0.388 e. The van der Waals surface area contributed by atoms with Crippen molar-refractivity contribution in [3.05, 3.63) is 20.3 Å². The lowest BCUT2D eigenvalue weighted by atomic mass is 10.2. The number of aryl methyl sites for hydroxylation is 1. The Kier molecular flexibility index (Phi) is 3.10. The van der Waals surface area contributed by atoms with Crippen molar-refractivity contribution >= 4 is 27.3 Å². The van der Waals surface area contributed by atoms with E-state index in [1.807, 2.05) is 19.9 Å². The van der Waals surface area contributed by atoms with Crippen LogP contribution in [0.25, 0.3) is 0 Å². The third-order valence-electron chi connectivity index (χ3n) is 1.59. The number of hydrogen-bond donors (Lipinski definition) is 1. The minimum absolute atomic E-state index is 0.287. The predicted octanol–water partition coefficient (Wildman–Crippen LogP) is 3.26. The van der Waals surface area contributed by atoms with Crippen LogP contribution in [0.2, 0.25) is 0 Å². The molecule has 0 aromatic carbocycles. The monoisotopic (exact) mass is 234 g/mol. The number of aliphatic hydroxyl groups excluding tert-OH is 1. The van der Waals surface area contributed by atoms with E-state index in [2.05, 4.69) is 15.9 Å². The number of rotatable bonds is 2. The Morgan fingerprint density at radius 1 is 1.73 bits per heavy atom. The van der Waals surface area contributed by atoms with Crippen molar-refractivity contribution < 1.29 is 5.11 Å². The molecule has 0 saturated carbocycles. The Labute approximate surface area is 79.2 Å². The Balaban J connectivity index is 2.88. The molecule has 1 aromatic rings. The Bertz CT molecular complexity index is 225. The molecule has 0 amide bonds. The topological polar surface area (TPSA) is 20.2 Å². The van der Waals surface area contributed by atoms with Gasteiger partial charge in [-0.15, -0.1) is 11.3 Å². The van der Waals surface area contributed by atoms with Gasteiger partial charge in [-0.3, -0.25) is 0 Å².